The molecule has 0 radical (unpaired) electrons. The van der Waals surface area contributed by atoms with Crippen LogP contribution in [0.25, 0.3) is 15.9 Å². The van der Waals surface area contributed by atoms with Crippen LogP contribution in [-0.4, -0.2) is 45.2 Å². The third-order valence-electron chi connectivity index (χ3n) is 5.10. The molecule has 1 unspecified atom stereocenters. The van der Waals surface area contributed by atoms with Gasteiger partial charge in [0, 0.05) is 24.6 Å². The van der Waals surface area contributed by atoms with Crippen molar-refractivity contribution < 1.29 is 9.53 Å². The van der Waals surface area contributed by atoms with E-state index in [1.807, 2.05) is 13.8 Å². The average Bonchev–Trinajstić information content (AvgIpc) is 3.23. The molecule has 1 aliphatic carbocycles. The molecule has 0 fully saturated rings. The van der Waals surface area contributed by atoms with Gasteiger partial charge in [-0.15, -0.1) is 16.4 Å². The van der Waals surface area contributed by atoms with E-state index in [-0.39, 0.29) is 11.7 Å². The number of carbonyl (C=O) groups excluding carboxylic acids is 1. The first-order valence-corrected chi connectivity index (χ1v) is 10.5. The topological polar surface area (TPSA) is 81.4 Å². The molecule has 3 aromatic rings. The SMILES string of the molecule is CCOCCCNC(=O)c1nc2c3c4c(sc3nc(C)n2n1)CCCC4C. The van der Waals surface area contributed by atoms with E-state index in [0.717, 1.165) is 34.5 Å². The first-order chi connectivity index (χ1) is 13.1. The predicted octanol–water partition coefficient (Wildman–Crippen LogP) is 3.24. The molecule has 144 valence electrons. The summed E-state index contributed by atoms with van der Waals surface area (Å²) in [5, 5.41) is 8.39. The van der Waals surface area contributed by atoms with Crippen LogP contribution < -0.4 is 5.32 Å². The summed E-state index contributed by atoms with van der Waals surface area (Å²) in [5.41, 5.74) is 2.11. The van der Waals surface area contributed by atoms with Gasteiger partial charge in [-0.25, -0.2) is 9.97 Å². The van der Waals surface area contributed by atoms with Gasteiger partial charge in [0.15, 0.2) is 5.65 Å². The zero-order valence-corrected chi connectivity index (χ0v) is 16.9. The highest BCUT2D eigenvalue weighted by Gasteiger charge is 2.26. The lowest BCUT2D eigenvalue weighted by atomic mass is 9.87. The summed E-state index contributed by atoms with van der Waals surface area (Å²) >= 11 is 1.76. The minimum atomic E-state index is -0.250. The van der Waals surface area contributed by atoms with E-state index in [1.165, 1.54) is 23.3 Å². The molecule has 4 rings (SSSR count). The maximum atomic E-state index is 12.5. The van der Waals surface area contributed by atoms with Gasteiger partial charge in [0.25, 0.3) is 5.91 Å². The number of nitrogens with zero attached hydrogens (tertiary/aromatic N) is 4. The summed E-state index contributed by atoms with van der Waals surface area (Å²) in [7, 11) is 0. The van der Waals surface area contributed by atoms with Crippen LogP contribution in [0.3, 0.4) is 0 Å². The molecule has 0 saturated carbocycles. The van der Waals surface area contributed by atoms with Crippen molar-refractivity contribution in [1.29, 1.82) is 0 Å². The molecule has 1 amide bonds. The van der Waals surface area contributed by atoms with Gasteiger partial charge < -0.3 is 10.1 Å². The average molecular weight is 388 g/mol. The molecule has 0 aliphatic heterocycles. The number of aryl methyl sites for hydroxylation is 2. The Morgan fingerprint density at radius 3 is 3.07 bits per heavy atom. The zero-order chi connectivity index (χ0) is 19.0. The third-order valence-corrected chi connectivity index (χ3v) is 6.26. The first-order valence-electron chi connectivity index (χ1n) is 9.64. The van der Waals surface area contributed by atoms with E-state index in [2.05, 4.69) is 22.3 Å². The number of rotatable bonds is 6. The number of fused-ring (bicyclic) bond motifs is 5. The van der Waals surface area contributed by atoms with Crippen LogP contribution in [0, 0.1) is 6.92 Å². The molecule has 0 spiro atoms. The molecular formula is C19H25N5O2S. The lowest BCUT2D eigenvalue weighted by Crippen LogP contribution is -2.26. The Hall–Kier alpha value is -2.06. The van der Waals surface area contributed by atoms with Crippen molar-refractivity contribution >= 4 is 33.1 Å². The Labute approximate surface area is 162 Å². The second kappa shape index (κ2) is 7.52. The summed E-state index contributed by atoms with van der Waals surface area (Å²) in [5.74, 6) is 1.20. The van der Waals surface area contributed by atoms with Crippen molar-refractivity contribution in [2.45, 2.75) is 52.4 Å². The molecule has 3 aromatic heterocycles. The number of ether oxygens (including phenoxy) is 1. The number of amides is 1. The van der Waals surface area contributed by atoms with Gasteiger partial charge in [-0.05, 0) is 51.0 Å². The molecule has 0 bridgehead atoms. The number of hydrogen-bond acceptors (Lipinski definition) is 6. The van der Waals surface area contributed by atoms with Gasteiger partial charge >= 0.3 is 0 Å². The van der Waals surface area contributed by atoms with E-state index in [0.29, 0.717) is 25.7 Å². The summed E-state index contributed by atoms with van der Waals surface area (Å²) in [4.78, 5) is 24.2. The van der Waals surface area contributed by atoms with Gasteiger partial charge in [-0.1, -0.05) is 6.92 Å². The minimum Gasteiger partial charge on any atom is -0.382 e. The lowest BCUT2D eigenvalue weighted by Gasteiger charge is -2.18. The summed E-state index contributed by atoms with van der Waals surface area (Å²) < 4.78 is 7.01. The second-order valence-corrected chi connectivity index (χ2v) is 8.13. The van der Waals surface area contributed by atoms with Gasteiger partial charge in [0.05, 0.1) is 5.39 Å². The van der Waals surface area contributed by atoms with Gasteiger partial charge in [0.1, 0.15) is 10.7 Å². The van der Waals surface area contributed by atoms with Crippen LogP contribution in [-0.2, 0) is 11.2 Å². The maximum absolute atomic E-state index is 12.5. The highest BCUT2D eigenvalue weighted by molar-refractivity contribution is 7.19. The molecular weight excluding hydrogens is 362 g/mol. The second-order valence-electron chi connectivity index (χ2n) is 7.05. The normalized spacial score (nSPS) is 16.8. The Morgan fingerprint density at radius 2 is 2.26 bits per heavy atom. The fraction of sp³-hybridized carbons (Fsp3) is 0.579. The van der Waals surface area contributed by atoms with Crippen LogP contribution >= 0.6 is 11.3 Å². The fourth-order valence-electron chi connectivity index (χ4n) is 3.78. The van der Waals surface area contributed by atoms with Crippen LogP contribution in [0.4, 0.5) is 0 Å². The van der Waals surface area contributed by atoms with Crippen LogP contribution in [0.1, 0.15) is 65.9 Å². The van der Waals surface area contributed by atoms with E-state index in [9.17, 15) is 4.79 Å². The molecule has 0 saturated heterocycles. The van der Waals surface area contributed by atoms with Crippen molar-refractivity contribution in [3.8, 4) is 0 Å². The van der Waals surface area contributed by atoms with Crippen molar-refractivity contribution in [3.63, 3.8) is 0 Å². The number of carbonyl (C=O) groups is 1. The smallest absolute Gasteiger partial charge is 0.290 e. The Morgan fingerprint density at radius 1 is 1.41 bits per heavy atom. The molecule has 1 N–H and O–H groups in total. The zero-order valence-electron chi connectivity index (χ0n) is 16.0. The molecule has 8 heteroatoms. The van der Waals surface area contributed by atoms with Crippen LogP contribution in [0.5, 0.6) is 0 Å². The minimum absolute atomic E-state index is 0.201. The molecule has 7 nitrogen and oxygen atoms in total. The Bertz CT molecular complexity index is 993. The van der Waals surface area contributed by atoms with E-state index < -0.39 is 0 Å². The first kappa shape index (κ1) is 18.3. The molecule has 3 heterocycles. The summed E-state index contributed by atoms with van der Waals surface area (Å²) in [6.07, 6.45) is 4.28. The standard InChI is InChI=1S/C19H25N5O2S/c1-4-26-10-6-9-20-18(25)16-22-17-15-14-11(2)7-5-8-13(14)27-19(15)21-12(3)24(17)23-16/h11H,4-10H2,1-3H3,(H,20,25). The van der Waals surface area contributed by atoms with Crippen molar-refractivity contribution in [1.82, 2.24) is 24.9 Å². The largest absolute Gasteiger partial charge is 0.382 e. The third kappa shape index (κ3) is 3.32. The molecule has 1 atom stereocenters. The monoisotopic (exact) mass is 387 g/mol. The van der Waals surface area contributed by atoms with Gasteiger partial charge in [-0.3, -0.25) is 4.79 Å². The maximum Gasteiger partial charge on any atom is 0.290 e. The highest BCUT2D eigenvalue weighted by Crippen LogP contribution is 2.42. The van der Waals surface area contributed by atoms with Crippen LogP contribution in [0.15, 0.2) is 0 Å². The number of thiophene rings is 1. The number of hydrogen-bond donors (Lipinski definition) is 1. The fourth-order valence-corrected chi connectivity index (χ4v) is 5.16. The molecule has 1 aliphatic rings. The van der Waals surface area contributed by atoms with Gasteiger partial charge in [0.2, 0.25) is 5.82 Å². The Kier molecular flexibility index (Phi) is 5.10. The number of nitrogens with one attached hydrogen (secondary N) is 1. The quantitative estimate of drug-likeness (QED) is 0.657. The van der Waals surface area contributed by atoms with Crippen LogP contribution in [0.2, 0.25) is 0 Å². The number of aromatic nitrogens is 4. The highest BCUT2D eigenvalue weighted by atomic mass is 32.1. The Balaban J connectivity index is 1.69. The van der Waals surface area contributed by atoms with E-state index in [4.69, 9.17) is 9.72 Å². The van der Waals surface area contributed by atoms with E-state index >= 15 is 0 Å². The summed E-state index contributed by atoms with van der Waals surface area (Å²) in [6, 6.07) is 0. The van der Waals surface area contributed by atoms with E-state index in [1.54, 1.807) is 15.9 Å². The van der Waals surface area contributed by atoms with Crippen molar-refractivity contribution in [2.24, 2.45) is 0 Å². The molecule has 0 aromatic carbocycles. The molecule has 27 heavy (non-hydrogen) atoms. The van der Waals surface area contributed by atoms with Crippen molar-refractivity contribution in [2.75, 3.05) is 19.8 Å². The van der Waals surface area contributed by atoms with Crippen molar-refractivity contribution in [3.05, 3.63) is 22.1 Å². The van der Waals surface area contributed by atoms with Gasteiger partial charge in [-0.2, -0.15) is 4.52 Å². The summed E-state index contributed by atoms with van der Waals surface area (Å²) in [6.45, 7) is 8.01. The predicted molar refractivity (Wildman–Crippen MR) is 106 cm³/mol. The lowest BCUT2D eigenvalue weighted by molar-refractivity contribution is 0.0934.